The number of ether oxygens (including phenoxy) is 1. The molecule has 5 nitrogen and oxygen atoms in total. The summed E-state index contributed by atoms with van der Waals surface area (Å²) < 4.78 is 5.54. The molecular formula is C11H10Cl2N4O. The summed E-state index contributed by atoms with van der Waals surface area (Å²) in [5.41, 5.74) is 0.880. The summed E-state index contributed by atoms with van der Waals surface area (Å²) in [5, 5.41) is 3.48. The Kier molecular flexibility index (Phi) is 3.84. The molecule has 0 saturated carbocycles. The summed E-state index contributed by atoms with van der Waals surface area (Å²) in [7, 11) is 1.68. The van der Waals surface area contributed by atoms with Gasteiger partial charge in [0, 0.05) is 12.1 Å². The molecule has 0 atom stereocenters. The lowest BCUT2D eigenvalue weighted by atomic mass is 10.2. The van der Waals surface area contributed by atoms with Crippen LogP contribution >= 0.6 is 23.2 Å². The standard InChI is InChI=1S/C11H10Cl2N4O/c1-6-5-7(12)3-4-8(6)18-11-16-9(13)15-10(14-2)17-11/h3-5H,1-2H3,(H,14,15,16,17). The maximum Gasteiger partial charge on any atom is 0.328 e. The quantitative estimate of drug-likeness (QED) is 0.937. The molecule has 0 aliphatic carbocycles. The third kappa shape index (κ3) is 3.00. The number of hydrogen-bond acceptors (Lipinski definition) is 5. The van der Waals surface area contributed by atoms with Crippen LogP contribution in [-0.4, -0.2) is 22.0 Å². The van der Waals surface area contributed by atoms with Crippen LogP contribution in [0.4, 0.5) is 5.95 Å². The number of aryl methyl sites for hydroxylation is 1. The van der Waals surface area contributed by atoms with Crippen molar-refractivity contribution in [1.29, 1.82) is 0 Å². The average Bonchev–Trinajstić information content (AvgIpc) is 2.32. The summed E-state index contributed by atoms with van der Waals surface area (Å²) in [6.07, 6.45) is 0. The molecule has 1 aromatic heterocycles. The van der Waals surface area contributed by atoms with Crippen molar-refractivity contribution < 1.29 is 4.74 Å². The fourth-order valence-corrected chi connectivity index (χ4v) is 1.69. The number of anilines is 1. The first-order valence-electron chi connectivity index (χ1n) is 5.12. The normalized spacial score (nSPS) is 10.2. The molecule has 18 heavy (non-hydrogen) atoms. The molecule has 2 rings (SSSR count). The van der Waals surface area contributed by atoms with Gasteiger partial charge in [0.1, 0.15) is 5.75 Å². The van der Waals surface area contributed by atoms with Crippen LogP contribution in [0.5, 0.6) is 11.8 Å². The highest BCUT2D eigenvalue weighted by Gasteiger charge is 2.08. The zero-order chi connectivity index (χ0) is 13.1. The highest BCUT2D eigenvalue weighted by atomic mass is 35.5. The van der Waals surface area contributed by atoms with E-state index in [1.165, 1.54) is 0 Å². The van der Waals surface area contributed by atoms with E-state index >= 15 is 0 Å². The molecule has 0 saturated heterocycles. The molecule has 0 bridgehead atoms. The Bertz CT molecular complexity index is 577. The molecule has 0 aliphatic rings. The van der Waals surface area contributed by atoms with Gasteiger partial charge >= 0.3 is 6.01 Å². The van der Waals surface area contributed by atoms with Gasteiger partial charge < -0.3 is 10.1 Å². The highest BCUT2D eigenvalue weighted by molar-refractivity contribution is 6.30. The largest absolute Gasteiger partial charge is 0.424 e. The van der Waals surface area contributed by atoms with Crippen LogP contribution in [0.2, 0.25) is 10.3 Å². The maximum absolute atomic E-state index is 5.86. The first-order valence-corrected chi connectivity index (χ1v) is 5.87. The van der Waals surface area contributed by atoms with Crippen LogP contribution < -0.4 is 10.1 Å². The van der Waals surface area contributed by atoms with E-state index in [0.717, 1.165) is 5.56 Å². The van der Waals surface area contributed by atoms with Crippen molar-refractivity contribution in [2.45, 2.75) is 6.92 Å². The first-order chi connectivity index (χ1) is 8.58. The maximum atomic E-state index is 5.86. The number of nitrogens with one attached hydrogen (secondary N) is 1. The minimum atomic E-state index is 0.0657. The van der Waals surface area contributed by atoms with Crippen LogP contribution in [0.25, 0.3) is 0 Å². The molecule has 94 valence electrons. The van der Waals surface area contributed by atoms with Crippen LogP contribution in [0.15, 0.2) is 18.2 Å². The molecule has 0 radical (unpaired) electrons. The number of benzene rings is 1. The predicted octanol–water partition coefficient (Wildman–Crippen LogP) is 3.32. The molecule has 1 heterocycles. The van der Waals surface area contributed by atoms with Gasteiger partial charge in [-0.2, -0.15) is 15.0 Å². The Morgan fingerprint density at radius 2 is 1.94 bits per heavy atom. The third-order valence-electron chi connectivity index (χ3n) is 2.15. The fraction of sp³-hybridized carbons (Fsp3) is 0.182. The van der Waals surface area contributed by atoms with Crippen molar-refractivity contribution in [2.75, 3.05) is 12.4 Å². The summed E-state index contributed by atoms with van der Waals surface area (Å²) >= 11 is 11.6. The van der Waals surface area contributed by atoms with E-state index in [-0.39, 0.29) is 11.3 Å². The lowest BCUT2D eigenvalue weighted by molar-refractivity contribution is 0.437. The topological polar surface area (TPSA) is 59.9 Å². The van der Waals surface area contributed by atoms with Crippen LogP contribution in [-0.2, 0) is 0 Å². The molecule has 1 N–H and O–H groups in total. The molecule has 2 aromatic rings. The lowest BCUT2D eigenvalue weighted by Gasteiger charge is -2.08. The SMILES string of the molecule is CNc1nc(Cl)nc(Oc2ccc(Cl)cc2C)n1. The highest BCUT2D eigenvalue weighted by Crippen LogP contribution is 2.26. The summed E-state index contributed by atoms with van der Waals surface area (Å²) in [6.45, 7) is 1.88. The lowest BCUT2D eigenvalue weighted by Crippen LogP contribution is -2.01. The Morgan fingerprint density at radius 3 is 2.61 bits per heavy atom. The number of nitrogens with zero attached hydrogens (tertiary/aromatic N) is 3. The Morgan fingerprint density at radius 1 is 1.17 bits per heavy atom. The third-order valence-corrected chi connectivity index (χ3v) is 2.55. The minimum absolute atomic E-state index is 0.0657. The fourth-order valence-electron chi connectivity index (χ4n) is 1.32. The van der Waals surface area contributed by atoms with E-state index in [2.05, 4.69) is 20.3 Å². The van der Waals surface area contributed by atoms with E-state index in [0.29, 0.717) is 16.7 Å². The second-order valence-corrected chi connectivity index (χ2v) is 4.25. The predicted molar refractivity (Wildman–Crippen MR) is 70.6 cm³/mol. The van der Waals surface area contributed by atoms with Gasteiger partial charge in [-0.15, -0.1) is 0 Å². The van der Waals surface area contributed by atoms with E-state index in [4.69, 9.17) is 27.9 Å². The van der Waals surface area contributed by atoms with Crippen LogP contribution in [0, 0.1) is 6.92 Å². The second kappa shape index (κ2) is 5.37. The van der Waals surface area contributed by atoms with Crippen molar-refractivity contribution in [3.05, 3.63) is 34.1 Å². The van der Waals surface area contributed by atoms with E-state index < -0.39 is 0 Å². The van der Waals surface area contributed by atoms with E-state index in [9.17, 15) is 0 Å². The smallest absolute Gasteiger partial charge is 0.328 e. The zero-order valence-electron chi connectivity index (χ0n) is 9.74. The molecular weight excluding hydrogens is 275 g/mol. The zero-order valence-corrected chi connectivity index (χ0v) is 11.2. The Balaban J connectivity index is 2.30. The monoisotopic (exact) mass is 284 g/mol. The first kappa shape index (κ1) is 12.9. The van der Waals surface area contributed by atoms with Gasteiger partial charge in [0.15, 0.2) is 0 Å². The molecule has 0 unspecified atom stereocenters. The molecule has 0 amide bonds. The molecule has 1 aromatic carbocycles. The van der Waals surface area contributed by atoms with Gasteiger partial charge in [0.25, 0.3) is 0 Å². The summed E-state index contributed by atoms with van der Waals surface area (Å²) in [5.74, 6) is 0.959. The number of halogens is 2. The van der Waals surface area contributed by atoms with E-state index in [1.54, 1.807) is 25.2 Å². The average molecular weight is 285 g/mol. The molecule has 7 heteroatoms. The van der Waals surface area contributed by atoms with Gasteiger partial charge in [-0.3, -0.25) is 0 Å². The van der Waals surface area contributed by atoms with Gasteiger partial charge in [-0.1, -0.05) is 11.6 Å². The van der Waals surface area contributed by atoms with Crippen LogP contribution in [0.1, 0.15) is 5.56 Å². The number of aromatic nitrogens is 3. The van der Waals surface area contributed by atoms with Crippen molar-refractivity contribution >= 4 is 29.2 Å². The van der Waals surface area contributed by atoms with Crippen molar-refractivity contribution in [1.82, 2.24) is 15.0 Å². The summed E-state index contributed by atoms with van der Waals surface area (Å²) in [6, 6.07) is 5.39. The van der Waals surface area contributed by atoms with Gasteiger partial charge in [0.2, 0.25) is 11.2 Å². The molecule has 0 fully saturated rings. The second-order valence-electron chi connectivity index (χ2n) is 3.47. The van der Waals surface area contributed by atoms with Gasteiger partial charge in [-0.05, 0) is 42.3 Å². The van der Waals surface area contributed by atoms with Crippen molar-refractivity contribution in [3.8, 4) is 11.8 Å². The minimum Gasteiger partial charge on any atom is -0.424 e. The van der Waals surface area contributed by atoms with Crippen molar-refractivity contribution in [2.24, 2.45) is 0 Å². The Hall–Kier alpha value is -1.59. The van der Waals surface area contributed by atoms with Crippen molar-refractivity contribution in [3.63, 3.8) is 0 Å². The summed E-state index contributed by atoms with van der Waals surface area (Å²) in [4.78, 5) is 11.8. The van der Waals surface area contributed by atoms with E-state index in [1.807, 2.05) is 6.92 Å². The van der Waals surface area contributed by atoms with Gasteiger partial charge in [0.05, 0.1) is 0 Å². The van der Waals surface area contributed by atoms with Crippen LogP contribution in [0.3, 0.4) is 0 Å². The Labute approximate surface area is 114 Å². The number of rotatable bonds is 3. The molecule has 0 spiro atoms. The molecule has 0 aliphatic heterocycles. The van der Waals surface area contributed by atoms with Gasteiger partial charge in [-0.25, -0.2) is 0 Å². The number of hydrogen-bond donors (Lipinski definition) is 1.